The fraction of sp³-hybridized carbons (Fsp3) is 0.391. The summed E-state index contributed by atoms with van der Waals surface area (Å²) in [4.78, 5) is 18.8. The number of rotatable bonds is 8. The van der Waals surface area contributed by atoms with E-state index in [2.05, 4.69) is 38.0 Å². The number of ether oxygens (including phenoxy) is 1. The number of aliphatic imine (C=N–C) groups is 1. The molecule has 2 aromatic carbocycles. The number of halogens is 1. The summed E-state index contributed by atoms with van der Waals surface area (Å²) in [5.74, 6) is 0.695. The molecule has 1 amide bonds. The molecule has 1 atom stereocenters. The van der Waals surface area contributed by atoms with E-state index in [1.165, 1.54) is 30.5 Å². The molecule has 7 nitrogen and oxygen atoms in total. The van der Waals surface area contributed by atoms with Gasteiger partial charge in [0.05, 0.1) is 19.7 Å². The van der Waals surface area contributed by atoms with E-state index < -0.39 is 5.82 Å². The predicted octanol–water partition coefficient (Wildman–Crippen LogP) is 2.77. The van der Waals surface area contributed by atoms with Gasteiger partial charge in [-0.15, -0.1) is 0 Å². The van der Waals surface area contributed by atoms with Crippen molar-refractivity contribution in [2.45, 2.75) is 18.9 Å². The van der Waals surface area contributed by atoms with Gasteiger partial charge in [-0.3, -0.25) is 14.7 Å². The van der Waals surface area contributed by atoms with Crippen LogP contribution >= 0.6 is 0 Å². The molecule has 3 N–H and O–H groups in total. The second-order valence-electron chi connectivity index (χ2n) is 7.40. The van der Waals surface area contributed by atoms with Crippen molar-refractivity contribution in [2.75, 3.05) is 45.7 Å². The Hall–Kier alpha value is -3.13. The molecule has 0 aliphatic carbocycles. The molecule has 0 saturated carbocycles. The first-order chi connectivity index (χ1) is 15.1. The quantitative estimate of drug-likeness (QED) is 0.446. The molecule has 0 aromatic heterocycles. The summed E-state index contributed by atoms with van der Waals surface area (Å²) in [7, 11) is 3.33. The lowest BCUT2D eigenvalue weighted by Gasteiger charge is -2.29. The summed E-state index contributed by atoms with van der Waals surface area (Å²) in [6.07, 6.45) is 2.39. The Labute approximate surface area is 182 Å². The van der Waals surface area contributed by atoms with Crippen LogP contribution in [-0.4, -0.2) is 57.1 Å². The summed E-state index contributed by atoms with van der Waals surface area (Å²) in [6.45, 7) is 2.78. The Balaban J connectivity index is 1.55. The van der Waals surface area contributed by atoms with Crippen LogP contribution < -0.4 is 20.7 Å². The van der Waals surface area contributed by atoms with Crippen LogP contribution in [0.2, 0.25) is 0 Å². The minimum atomic E-state index is -0.394. The van der Waals surface area contributed by atoms with Crippen molar-refractivity contribution >= 4 is 17.6 Å². The molecule has 1 aliphatic heterocycles. The number of hydrogen-bond donors (Lipinski definition) is 3. The standard InChI is InChI=1S/C23H30FN5O2/c1-25-23(27-16-22(30)28-19-7-5-6-18(24)14-19)26-15-21(29-12-3-4-13-29)17-8-10-20(31-2)11-9-17/h5-11,14,21H,3-4,12-13,15-16H2,1-2H3,(H,28,30)(H2,25,26,27). The van der Waals surface area contributed by atoms with Crippen molar-refractivity contribution in [3.63, 3.8) is 0 Å². The fourth-order valence-electron chi connectivity index (χ4n) is 3.69. The third-order valence-corrected chi connectivity index (χ3v) is 5.29. The first-order valence-corrected chi connectivity index (χ1v) is 10.5. The molecule has 1 fully saturated rings. The molecule has 0 spiro atoms. The third-order valence-electron chi connectivity index (χ3n) is 5.29. The number of methoxy groups -OCH3 is 1. The summed E-state index contributed by atoms with van der Waals surface area (Å²) < 4.78 is 18.5. The summed E-state index contributed by atoms with van der Waals surface area (Å²) >= 11 is 0. The lowest BCUT2D eigenvalue weighted by atomic mass is 10.1. The van der Waals surface area contributed by atoms with Gasteiger partial charge in [-0.25, -0.2) is 4.39 Å². The molecule has 166 valence electrons. The first kappa shape index (κ1) is 22.6. The third kappa shape index (κ3) is 6.68. The highest BCUT2D eigenvalue weighted by Gasteiger charge is 2.23. The number of carbonyl (C=O) groups excluding carboxylic acids is 1. The highest BCUT2D eigenvalue weighted by atomic mass is 19.1. The highest BCUT2D eigenvalue weighted by molar-refractivity contribution is 5.94. The molecule has 1 aliphatic rings. The number of amides is 1. The summed E-state index contributed by atoms with van der Waals surface area (Å²) in [6, 6.07) is 14.1. The lowest BCUT2D eigenvalue weighted by molar-refractivity contribution is -0.115. The van der Waals surface area contributed by atoms with E-state index in [9.17, 15) is 9.18 Å². The fourth-order valence-corrected chi connectivity index (χ4v) is 3.69. The van der Waals surface area contributed by atoms with Crippen LogP contribution in [0, 0.1) is 5.82 Å². The molecule has 31 heavy (non-hydrogen) atoms. The van der Waals surface area contributed by atoms with Gasteiger partial charge in [-0.2, -0.15) is 0 Å². The van der Waals surface area contributed by atoms with Gasteiger partial charge < -0.3 is 20.7 Å². The second kappa shape index (κ2) is 11.3. The maximum atomic E-state index is 13.3. The van der Waals surface area contributed by atoms with E-state index in [4.69, 9.17) is 4.74 Å². The van der Waals surface area contributed by atoms with Crippen LogP contribution in [-0.2, 0) is 4.79 Å². The Morgan fingerprint density at radius 3 is 2.55 bits per heavy atom. The number of likely N-dealkylation sites (tertiary alicyclic amines) is 1. The molecule has 1 unspecified atom stereocenters. The van der Waals surface area contributed by atoms with Gasteiger partial charge in [0.25, 0.3) is 0 Å². The first-order valence-electron chi connectivity index (χ1n) is 10.5. The van der Waals surface area contributed by atoms with Crippen molar-refractivity contribution in [1.29, 1.82) is 0 Å². The van der Waals surface area contributed by atoms with E-state index in [0.29, 0.717) is 18.2 Å². The van der Waals surface area contributed by atoms with Crippen molar-refractivity contribution in [3.8, 4) is 5.75 Å². The van der Waals surface area contributed by atoms with E-state index in [-0.39, 0.29) is 18.5 Å². The van der Waals surface area contributed by atoms with Gasteiger partial charge >= 0.3 is 0 Å². The van der Waals surface area contributed by atoms with Gasteiger partial charge in [-0.05, 0) is 61.8 Å². The molecule has 2 aromatic rings. The number of nitrogens with zero attached hydrogens (tertiary/aromatic N) is 2. The molecule has 0 radical (unpaired) electrons. The Morgan fingerprint density at radius 2 is 1.90 bits per heavy atom. The van der Waals surface area contributed by atoms with Gasteiger partial charge in [0, 0.05) is 19.3 Å². The average Bonchev–Trinajstić information content (AvgIpc) is 3.31. The normalized spacial score (nSPS) is 15.4. The van der Waals surface area contributed by atoms with Crippen LogP contribution in [0.3, 0.4) is 0 Å². The van der Waals surface area contributed by atoms with Gasteiger partial charge in [0.15, 0.2) is 5.96 Å². The predicted molar refractivity (Wildman–Crippen MR) is 121 cm³/mol. The Kier molecular flexibility index (Phi) is 8.23. The molecule has 3 rings (SSSR count). The van der Waals surface area contributed by atoms with Crippen molar-refractivity contribution in [2.24, 2.45) is 4.99 Å². The zero-order chi connectivity index (χ0) is 22.1. The van der Waals surface area contributed by atoms with Crippen molar-refractivity contribution < 1.29 is 13.9 Å². The number of hydrogen-bond acceptors (Lipinski definition) is 4. The summed E-state index contributed by atoms with van der Waals surface area (Å²) in [5.41, 5.74) is 1.62. The topological polar surface area (TPSA) is 78.0 Å². The number of carbonyl (C=O) groups is 1. The van der Waals surface area contributed by atoms with Gasteiger partial charge in [0.1, 0.15) is 11.6 Å². The van der Waals surface area contributed by atoms with E-state index in [1.807, 2.05) is 12.1 Å². The number of benzene rings is 2. The lowest BCUT2D eigenvalue weighted by Crippen LogP contribution is -2.44. The van der Waals surface area contributed by atoms with Crippen LogP contribution in [0.5, 0.6) is 5.75 Å². The van der Waals surface area contributed by atoms with Crippen LogP contribution in [0.1, 0.15) is 24.4 Å². The monoisotopic (exact) mass is 427 g/mol. The molecular weight excluding hydrogens is 397 g/mol. The summed E-state index contributed by atoms with van der Waals surface area (Å²) in [5, 5.41) is 9.01. The van der Waals surface area contributed by atoms with Gasteiger partial charge in [-0.1, -0.05) is 18.2 Å². The second-order valence-corrected chi connectivity index (χ2v) is 7.40. The molecule has 0 bridgehead atoms. The minimum Gasteiger partial charge on any atom is -0.497 e. The van der Waals surface area contributed by atoms with Gasteiger partial charge in [0.2, 0.25) is 5.91 Å². The largest absolute Gasteiger partial charge is 0.497 e. The van der Waals surface area contributed by atoms with Crippen molar-refractivity contribution in [1.82, 2.24) is 15.5 Å². The molecular formula is C23H30FN5O2. The average molecular weight is 428 g/mol. The minimum absolute atomic E-state index is 0.0209. The SMILES string of the molecule is CN=C(NCC(=O)Nc1cccc(F)c1)NCC(c1ccc(OC)cc1)N1CCCC1. The number of guanidine groups is 1. The Morgan fingerprint density at radius 1 is 1.16 bits per heavy atom. The number of nitrogens with one attached hydrogen (secondary N) is 3. The number of anilines is 1. The van der Waals surface area contributed by atoms with E-state index in [1.54, 1.807) is 26.3 Å². The van der Waals surface area contributed by atoms with E-state index >= 15 is 0 Å². The maximum Gasteiger partial charge on any atom is 0.243 e. The van der Waals surface area contributed by atoms with Crippen molar-refractivity contribution in [3.05, 3.63) is 59.9 Å². The molecule has 1 saturated heterocycles. The van der Waals surface area contributed by atoms with Crippen LogP contribution in [0.4, 0.5) is 10.1 Å². The van der Waals surface area contributed by atoms with Crippen LogP contribution in [0.25, 0.3) is 0 Å². The van der Waals surface area contributed by atoms with E-state index in [0.717, 1.165) is 18.8 Å². The van der Waals surface area contributed by atoms with Crippen LogP contribution in [0.15, 0.2) is 53.5 Å². The highest BCUT2D eigenvalue weighted by Crippen LogP contribution is 2.26. The molecule has 8 heteroatoms. The zero-order valence-electron chi connectivity index (χ0n) is 18.0. The maximum absolute atomic E-state index is 13.3. The molecule has 1 heterocycles. The Bertz CT molecular complexity index is 882. The zero-order valence-corrected chi connectivity index (χ0v) is 18.0. The smallest absolute Gasteiger partial charge is 0.243 e.